The summed E-state index contributed by atoms with van der Waals surface area (Å²) < 4.78 is 5.06. The lowest BCUT2D eigenvalue weighted by molar-refractivity contribution is -0.144. The van der Waals surface area contributed by atoms with Crippen molar-refractivity contribution < 1.29 is 9.53 Å². The minimum absolute atomic E-state index is 0.0336. The van der Waals surface area contributed by atoms with Crippen LogP contribution in [0.4, 0.5) is 0 Å². The summed E-state index contributed by atoms with van der Waals surface area (Å²) in [5, 5.41) is 2.85. The molecule has 1 heterocycles. The summed E-state index contributed by atoms with van der Waals surface area (Å²) in [6, 6.07) is 7.69. The van der Waals surface area contributed by atoms with Gasteiger partial charge in [-0.2, -0.15) is 0 Å². The number of rotatable bonds is 3. The second kappa shape index (κ2) is 4.82. The molecule has 0 spiro atoms. The number of carbonyl (C=O) groups excluding carboxylic acids is 1. The summed E-state index contributed by atoms with van der Waals surface area (Å²) in [6.45, 7) is 2.26. The Bertz CT molecular complexity index is 641. The third-order valence-electron chi connectivity index (χ3n) is 3.49. The van der Waals surface area contributed by atoms with Crippen molar-refractivity contribution in [2.45, 2.75) is 19.3 Å². The largest absolute Gasteiger partial charge is 0.466 e. The monoisotopic (exact) mass is 275 g/mol. The molecule has 0 radical (unpaired) electrons. The summed E-state index contributed by atoms with van der Waals surface area (Å²) in [4.78, 5) is 16.1. The normalized spacial score (nSPS) is 21.4. The highest BCUT2D eigenvalue weighted by atomic mass is 35.5. The average Bonchev–Trinajstić information content (AvgIpc) is 3.18. The first-order valence-electron chi connectivity index (χ1n) is 6.41. The number of carbonyl (C=O) groups is 1. The Hall–Kier alpha value is -1.61. The van der Waals surface area contributed by atoms with E-state index in [-0.39, 0.29) is 17.8 Å². The summed E-state index contributed by atoms with van der Waals surface area (Å²) in [6.07, 6.45) is 2.60. The van der Waals surface area contributed by atoms with Crippen LogP contribution in [0.15, 0.2) is 30.5 Å². The Morgan fingerprint density at radius 3 is 3.11 bits per heavy atom. The lowest BCUT2D eigenvalue weighted by Gasteiger charge is -2.05. The maximum Gasteiger partial charge on any atom is 0.309 e. The third kappa shape index (κ3) is 2.30. The smallest absolute Gasteiger partial charge is 0.309 e. The lowest BCUT2D eigenvalue weighted by Crippen LogP contribution is -2.07. The fourth-order valence-electron chi connectivity index (χ4n) is 2.47. The Morgan fingerprint density at radius 2 is 2.32 bits per heavy atom. The van der Waals surface area contributed by atoms with Gasteiger partial charge in [0.2, 0.25) is 0 Å². The van der Waals surface area contributed by atoms with Gasteiger partial charge in [-0.1, -0.05) is 17.7 Å². The van der Waals surface area contributed by atoms with Crippen molar-refractivity contribution in [2.24, 2.45) is 5.92 Å². The highest BCUT2D eigenvalue weighted by Gasteiger charge is 2.46. The third-order valence-corrected chi connectivity index (χ3v) is 3.72. The Kier molecular flexibility index (Phi) is 3.15. The molecule has 1 aromatic carbocycles. The molecule has 98 valence electrons. The van der Waals surface area contributed by atoms with Gasteiger partial charge in [-0.3, -0.25) is 9.78 Å². The highest BCUT2D eigenvalue weighted by Crippen LogP contribution is 2.49. The molecule has 3 nitrogen and oxygen atoms in total. The van der Waals surface area contributed by atoms with Crippen molar-refractivity contribution in [1.29, 1.82) is 0 Å². The van der Waals surface area contributed by atoms with Gasteiger partial charge in [0.1, 0.15) is 0 Å². The molecule has 1 saturated carbocycles. The predicted octanol–water partition coefficient (Wildman–Crippen LogP) is 3.55. The van der Waals surface area contributed by atoms with Crippen LogP contribution >= 0.6 is 11.6 Å². The molecule has 1 aromatic heterocycles. The number of fused-ring (bicyclic) bond motifs is 1. The van der Waals surface area contributed by atoms with Gasteiger partial charge in [-0.05, 0) is 36.9 Å². The Labute approximate surface area is 116 Å². The fraction of sp³-hybridized carbons (Fsp3) is 0.333. The van der Waals surface area contributed by atoms with E-state index in [4.69, 9.17) is 16.3 Å². The summed E-state index contributed by atoms with van der Waals surface area (Å²) in [5.41, 5.74) is 0.979. The van der Waals surface area contributed by atoms with Gasteiger partial charge in [0.15, 0.2) is 0 Å². The van der Waals surface area contributed by atoms with Crippen LogP contribution in [0.2, 0.25) is 5.02 Å². The van der Waals surface area contributed by atoms with Gasteiger partial charge in [0, 0.05) is 22.5 Å². The van der Waals surface area contributed by atoms with Crippen LogP contribution < -0.4 is 0 Å². The van der Waals surface area contributed by atoms with Crippen molar-refractivity contribution in [2.75, 3.05) is 6.61 Å². The molecule has 1 fully saturated rings. The molecule has 0 aliphatic heterocycles. The Morgan fingerprint density at radius 1 is 1.47 bits per heavy atom. The molecule has 1 unspecified atom stereocenters. The second-order valence-corrected chi connectivity index (χ2v) is 5.20. The molecule has 4 heteroatoms. The van der Waals surface area contributed by atoms with Gasteiger partial charge in [0.25, 0.3) is 0 Å². The van der Waals surface area contributed by atoms with Gasteiger partial charge in [-0.25, -0.2) is 0 Å². The molecule has 2 atom stereocenters. The number of esters is 1. The molecule has 0 amide bonds. The first-order valence-corrected chi connectivity index (χ1v) is 6.79. The van der Waals surface area contributed by atoms with E-state index in [1.54, 1.807) is 6.20 Å². The van der Waals surface area contributed by atoms with E-state index in [1.165, 1.54) is 0 Å². The first-order chi connectivity index (χ1) is 9.20. The van der Waals surface area contributed by atoms with Gasteiger partial charge < -0.3 is 4.74 Å². The molecule has 1 aliphatic rings. The van der Waals surface area contributed by atoms with Crippen LogP contribution in [-0.2, 0) is 9.53 Å². The number of hydrogen-bond donors (Lipinski definition) is 0. The zero-order valence-electron chi connectivity index (χ0n) is 10.6. The van der Waals surface area contributed by atoms with Gasteiger partial charge in [-0.15, -0.1) is 0 Å². The standard InChI is InChI=1S/C15H14ClNO2/c1-2-19-15(18)13-8-12(13)14-11-4-3-10(16)7-9(11)5-6-17-14/h3-7,12-13H,2,8H2,1H3/t12?,13-/m0/s1. The number of halogens is 1. The van der Waals surface area contributed by atoms with Crippen LogP contribution in [0.25, 0.3) is 10.8 Å². The number of nitrogens with zero attached hydrogens (tertiary/aromatic N) is 1. The quantitative estimate of drug-likeness (QED) is 0.804. The van der Waals surface area contributed by atoms with E-state index >= 15 is 0 Å². The van der Waals surface area contributed by atoms with E-state index in [2.05, 4.69) is 4.98 Å². The SMILES string of the molecule is CCOC(=O)[C@H]1CC1c1nccc2cc(Cl)ccc12. The molecular weight excluding hydrogens is 262 g/mol. The van der Waals surface area contributed by atoms with E-state index in [0.29, 0.717) is 11.6 Å². The van der Waals surface area contributed by atoms with E-state index < -0.39 is 0 Å². The highest BCUT2D eigenvalue weighted by molar-refractivity contribution is 6.31. The van der Waals surface area contributed by atoms with Crippen LogP contribution in [0.5, 0.6) is 0 Å². The molecule has 0 saturated heterocycles. The second-order valence-electron chi connectivity index (χ2n) is 4.76. The van der Waals surface area contributed by atoms with Crippen LogP contribution in [0.3, 0.4) is 0 Å². The summed E-state index contributed by atoms with van der Waals surface area (Å²) >= 11 is 5.99. The Balaban J connectivity index is 1.93. The lowest BCUT2D eigenvalue weighted by atomic mass is 10.1. The number of aromatic nitrogens is 1. The summed E-state index contributed by atoms with van der Waals surface area (Å²) in [7, 11) is 0. The van der Waals surface area contributed by atoms with Crippen molar-refractivity contribution in [1.82, 2.24) is 4.98 Å². The topological polar surface area (TPSA) is 39.2 Å². The first kappa shape index (κ1) is 12.4. The number of hydrogen-bond acceptors (Lipinski definition) is 3. The van der Waals surface area contributed by atoms with Crippen LogP contribution in [-0.4, -0.2) is 17.6 Å². The number of pyridine rings is 1. The number of ether oxygens (including phenoxy) is 1. The molecule has 0 bridgehead atoms. The van der Waals surface area contributed by atoms with Crippen molar-refractivity contribution in [3.63, 3.8) is 0 Å². The maximum atomic E-state index is 11.7. The molecule has 2 aromatic rings. The van der Waals surface area contributed by atoms with Crippen LogP contribution in [0, 0.1) is 5.92 Å². The minimum atomic E-state index is -0.111. The minimum Gasteiger partial charge on any atom is -0.466 e. The fourth-order valence-corrected chi connectivity index (χ4v) is 2.66. The molecular formula is C15H14ClNO2. The van der Waals surface area contributed by atoms with Gasteiger partial charge >= 0.3 is 5.97 Å². The summed E-state index contributed by atoms with van der Waals surface area (Å²) in [5.74, 6) is 0.0397. The van der Waals surface area contributed by atoms with Crippen LogP contribution in [0.1, 0.15) is 25.0 Å². The van der Waals surface area contributed by atoms with E-state index in [0.717, 1.165) is 22.9 Å². The molecule has 1 aliphatic carbocycles. The molecule has 19 heavy (non-hydrogen) atoms. The van der Waals surface area contributed by atoms with E-state index in [1.807, 2.05) is 31.2 Å². The zero-order valence-corrected chi connectivity index (χ0v) is 11.4. The zero-order chi connectivity index (χ0) is 13.4. The van der Waals surface area contributed by atoms with Crippen molar-refractivity contribution >= 4 is 28.3 Å². The van der Waals surface area contributed by atoms with Gasteiger partial charge in [0.05, 0.1) is 18.2 Å². The molecule has 3 rings (SSSR count). The molecule has 0 N–H and O–H groups in total. The van der Waals surface area contributed by atoms with Crippen molar-refractivity contribution in [3.05, 3.63) is 41.2 Å². The van der Waals surface area contributed by atoms with Crippen molar-refractivity contribution in [3.8, 4) is 0 Å². The number of benzene rings is 1. The average molecular weight is 276 g/mol. The van der Waals surface area contributed by atoms with E-state index in [9.17, 15) is 4.79 Å². The maximum absolute atomic E-state index is 11.7. The predicted molar refractivity (Wildman–Crippen MR) is 74.2 cm³/mol.